The zero-order valence-corrected chi connectivity index (χ0v) is 20.4. The van der Waals surface area contributed by atoms with E-state index >= 15 is 0 Å². The van der Waals surface area contributed by atoms with Crippen molar-refractivity contribution >= 4 is 0 Å². The Labute approximate surface area is 194 Å². The quantitative estimate of drug-likeness (QED) is 0.443. The number of rotatable bonds is 4. The zero-order chi connectivity index (χ0) is 25.5. The van der Waals surface area contributed by atoms with Gasteiger partial charge in [0.25, 0.3) is 0 Å². The van der Waals surface area contributed by atoms with E-state index < -0.39 is 23.8 Å². The molecule has 0 aromatic heterocycles. The van der Waals surface area contributed by atoms with E-state index in [-0.39, 0.29) is 47.3 Å². The van der Waals surface area contributed by atoms with Gasteiger partial charge in [0.05, 0.1) is 5.60 Å². The standard InChI is InChI=1S/C27H43F3O2/c1-17(10-13-26(5,32)27(28,29)30)20-8-9-21-19-7-6-18-16-23(2,31)14-15-24(18,3)22(19)11-12-25(20,21)4/h6,17,19-22,31-32H,7-16H2,1-5H3/t17-,19?,20-,21?,22?,23+,24+,25-,26+/m1/s1/i11D2. The van der Waals surface area contributed by atoms with Crippen LogP contribution in [0.1, 0.15) is 102 Å². The van der Waals surface area contributed by atoms with Gasteiger partial charge >= 0.3 is 6.18 Å². The minimum absolute atomic E-state index is 0.00812. The Balaban J connectivity index is 1.58. The highest BCUT2D eigenvalue weighted by Crippen LogP contribution is 2.67. The van der Waals surface area contributed by atoms with Crippen LogP contribution in [0.15, 0.2) is 11.6 Å². The molecule has 0 aromatic carbocycles. The van der Waals surface area contributed by atoms with Crippen molar-refractivity contribution in [3.63, 3.8) is 0 Å². The number of fused-ring (bicyclic) bond motifs is 5. The molecule has 0 saturated heterocycles. The molecule has 3 fully saturated rings. The maximum atomic E-state index is 13.2. The monoisotopic (exact) mass is 458 g/mol. The van der Waals surface area contributed by atoms with Crippen molar-refractivity contribution in [3.05, 3.63) is 11.6 Å². The molecule has 32 heavy (non-hydrogen) atoms. The summed E-state index contributed by atoms with van der Waals surface area (Å²) in [5, 5.41) is 20.6. The summed E-state index contributed by atoms with van der Waals surface area (Å²) in [7, 11) is 0. The lowest BCUT2D eigenvalue weighted by atomic mass is 9.46. The summed E-state index contributed by atoms with van der Waals surface area (Å²) in [5.41, 5.74) is -2.69. The van der Waals surface area contributed by atoms with Crippen LogP contribution in [0.3, 0.4) is 0 Å². The molecular formula is C27H43F3O2. The minimum Gasteiger partial charge on any atom is -0.390 e. The zero-order valence-electron chi connectivity index (χ0n) is 22.4. The van der Waals surface area contributed by atoms with Gasteiger partial charge in [0.2, 0.25) is 0 Å². The van der Waals surface area contributed by atoms with Crippen LogP contribution in [0.2, 0.25) is 0 Å². The first kappa shape index (κ1) is 21.9. The van der Waals surface area contributed by atoms with Crippen molar-refractivity contribution in [1.82, 2.24) is 0 Å². The fourth-order valence-electron chi connectivity index (χ4n) is 8.09. The smallest absolute Gasteiger partial charge is 0.390 e. The van der Waals surface area contributed by atoms with Gasteiger partial charge in [-0.05, 0) is 118 Å². The lowest BCUT2D eigenvalue weighted by Gasteiger charge is -2.59. The molecule has 4 aliphatic rings. The number of aliphatic hydroxyl groups is 2. The van der Waals surface area contributed by atoms with Crippen molar-refractivity contribution in [3.8, 4) is 0 Å². The van der Waals surface area contributed by atoms with Gasteiger partial charge in [0.1, 0.15) is 0 Å². The number of halogens is 3. The maximum absolute atomic E-state index is 13.2. The molecule has 0 radical (unpaired) electrons. The molecule has 0 spiro atoms. The predicted molar refractivity (Wildman–Crippen MR) is 121 cm³/mol. The molecule has 0 amide bonds. The Hall–Kier alpha value is -0.550. The summed E-state index contributed by atoms with van der Waals surface area (Å²) < 4.78 is 58.1. The van der Waals surface area contributed by atoms with Crippen LogP contribution in [0.25, 0.3) is 0 Å². The molecule has 2 N–H and O–H groups in total. The van der Waals surface area contributed by atoms with Crippen molar-refractivity contribution in [1.29, 1.82) is 0 Å². The molecule has 184 valence electrons. The molecule has 2 nitrogen and oxygen atoms in total. The summed E-state index contributed by atoms with van der Waals surface area (Å²) in [4.78, 5) is 0. The van der Waals surface area contributed by atoms with Gasteiger partial charge in [-0.2, -0.15) is 13.2 Å². The molecular weight excluding hydrogens is 413 g/mol. The lowest BCUT2D eigenvalue weighted by Crippen LogP contribution is -2.52. The Kier molecular flexibility index (Phi) is 5.30. The minimum atomic E-state index is -4.64. The van der Waals surface area contributed by atoms with Crippen LogP contribution in [-0.2, 0) is 0 Å². The second-order valence-electron chi connectivity index (χ2n) is 12.7. The van der Waals surface area contributed by atoms with E-state index in [1.54, 1.807) is 0 Å². The molecule has 5 heteroatoms. The third-order valence-corrected chi connectivity index (χ3v) is 10.3. The number of alkyl halides is 3. The van der Waals surface area contributed by atoms with Crippen LogP contribution < -0.4 is 0 Å². The molecule has 4 rings (SSSR count). The molecule has 9 atom stereocenters. The molecule has 3 unspecified atom stereocenters. The van der Waals surface area contributed by atoms with Crippen LogP contribution in [0.5, 0.6) is 0 Å². The third-order valence-electron chi connectivity index (χ3n) is 10.3. The number of allylic oxidation sites excluding steroid dienone is 1. The van der Waals surface area contributed by atoms with Crippen molar-refractivity contribution in [2.24, 2.45) is 40.4 Å². The Bertz CT molecular complexity index is 836. The first-order valence-electron chi connectivity index (χ1n) is 13.6. The average Bonchev–Trinajstić information content (AvgIpc) is 3.01. The first-order chi connectivity index (χ1) is 15.3. The lowest BCUT2D eigenvalue weighted by molar-refractivity contribution is -0.256. The van der Waals surface area contributed by atoms with Gasteiger partial charge in [-0.3, -0.25) is 0 Å². The molecule has 0 aliphatic heterocycles. The van der Waals surface area contributed by atoms with E-state index in [0.717, 1.165) is 32.6 Å². The van der Waals surface area contributed by atoms with Gasteiger partial charge in [0, 0.05) is 2.74 Å². The first-order valence-corrected chi connectivity index (χ1v) is 12.6. The fraction of sp³-hybridized carbons (Fsp3) is 0.926. The Morgan fingerprint density at radius 3 is 2.50 bits per heavy atom. The molecule has 4 aliphatic carbocycles. The normalized spacial score (nSPS) is 49.5. The summed E-state index contributed by atoms with van der Waals surface area (Å²) in [5.74, 6) is 0.637. The summed E-state index contributed by atoms with van der Waals surface area (Å²) in [6.45, 7) is 9.13. The van der Waals surface area contributed by atoms with Gasteiger partial charge < -0.3 is 10.2 Å². The van der Waals surface area contributed by atoms with Crippen LogP contribution in [0.4, 0.5) is 13.2 Å². The van der Waals surface area contributed by atoms with Gasteiger partial charge in [-0.15, -0.1) is 0 Å². The fourth-order valence-corrected chi connectivity index (χ4v) is 8.09. The van der Waals surface area contributed by atoms with Crippen LogP contribution >= 0.6 is 0 Å². The van der Waals surface area contributed by atoms with E-state index in [1.807, 2.05) is 13.8 Å². The second-order valence-corrected chi connectivity index (χ2v) is 12.7. The summed E-state index contributed by atoms with van der Waals surface area (Å²) in [6, 6.07) is 0. The van der Waals surface area contributed by atoms with Gasteiger partial charge in [-0.1, -0.05) is 32.4 Å². The van der Waals surface area contributed by atoms with Gasteiger partial charge in [-0.25, -0.2) is 0 Å². The van der Waals surface area contributed by atoms with Crippen molar-refractivity contribution < 1.29 is 26.1 Å². The topological polar surface area (TPSA) is 40.5 Å². The van der Waals surface area contributed by atoms with Crippen LogP contribution in [0, 0.1) is 40.4 Å². The maximum Gasteiger partial charge on any atom is 0.416 e. The molecule has 0 bridgehead atoms. The Morgan fingerprint density at radius 1 is 1.16 bits per heavy atom. The van der Waals surface area contributed by atoms with Crippen molar-refractivity contribution in [2.45, 2.75) is 116 Å². The largest absolute Gasteiger partial charge is 0.416 e. The Morgan fingerprint density at radius 2 is 1.84 bits per heavy atom. The van der Waals surface area contributed by atoms with E-state index in [9.17, 15) is 26.1 Å². The van der Waals surface area contributed by atoms with E-state index in [1.165, 1.54) is 5.57 Å². The average molecular weight is 459 g/mol. The highest BCUT2D eigenvalue weighted by Gasteiger charge is 2.60. The third kappa shape index (κ3) is 3.87. The highest BCUT2D eigenvalue weighted by molar-refractivity contribution is 5.26. The highest BCUT2D eigenvalue weighted by atomic mass is 19.4. The number of hydrogen-bond donors (Lipinski definition) is 2. The summed E-state index contributed by atoms with van der Waals surface area (Å²) in [6.07, 6.45) is 1.51. The summed E-state index contributed by atoms with van der Waals surface area (Å²) >= 11 is 0. The van der Waals surface area contributed by atoms with E-state index in [0.29, 0.717) is 25.2 Å². The van der Waals surface area contributed by atoms with Crippen LogP contribution in [-0.4, -0.2) is 27.6 Å². The van der Waals surface area contributed by atoms with Crippen molar-refractivity contribution in [2.75, 3.05) is 0 Å². The van der Waals surface area contributed by atoms with E-state index in [4.69, 9.17) is 0 Å². The number of hydrogen-bond acceptors (Lipinski definition) is 2. The van der Waals surface area contributed by atoms with E-state index in [2.05, 4.69) is 19.9 Å². The second kappa shape index (κ2) is 7.73. The molecule has 0 aromatic rings. The molecule has 3 saturated carbocycles. The SMILES string of the molecule is [2H]C1([2H])C[C@@]2(C)C(CC[C@@H]2[C@H](C)CC[C@](C)(O)C(F)(F)F)C2CC=C3C[C@@](C)(O)CC[C@]3(C)C21. The molecule has 0 heterocycles. The predicted octanol–water partition coefficient (Wildman–Crippen LogP) is 7.05. The van der Waals surface area contributed by atoms with Gasteiger partial charge in [0.15, 0.2) is 5.60 Å².